The summed E-state index contributed by atoms with van der Waals surface area (Å²) >= 11 is 0. The van der Waals surface area contributed by atoms with Crippen LogP contribution in [0.5, 0.6) is 11.5 Å². The van der Waals surface area contributed by atoms with Crippen LogP contribution in [0.2, 0.25) is 0 Å². The quantitative estimate of drug-likeness (QED) is 0.821. The number of amides is 2. The maximum atomic E-state index is 13.8. The van der Waals surface area contributed by atoms with Crippen molar-refractivity contribution in [1.29, 1.82) is 0 Å². The van der Waals surface area contributed by atoms with Gasteiger partial charge in [0.25, 0.3) is 5.56 Å². The van der Waals surface area contributed by atoms with Crippen LogP contribution in [0.25, 0.3) is 0 Å². The molecule has 1 aromatic heterocycles. The molecule has 1 aromatic carbocycles. The molecule has 2 N–H and O–H groups in total. The zero-order valence-corrected chi connectivity index (χ0v) is 13.4. The van der Waals surface area contributed by atoms with Gasteiger partial charge in [-0.2, -0.15) is 5.10 Å². The number of benzene rings is 1. The first-order valence-corrected chi connectivity index (χ1v) is 7.90. The molecule has 2 aliphatic heterocycles. The fraction of sp³-hybridized carbons (Fsp3) is 0.312. The number of carbonyl (C=O) groups is 1. The standard InChI is InChI=1S/C16H14F2N4O4/c17-9-2-3-10(18)15-14(9)25-11-6-22(7-12(11)26-15)16(24)19-5-8-1-4-13(23)21-20-8/h1-4,11-12H,5-7H2,(H,19,24)(H,21,23)/t11-,12+. The summed E-state index contributed by atoms with van der Waals surface area (Å²) in [5.74, 6) is -1.98. The van der Waals surface area contributed by atoms with Crippen molar-refractivity contribution in [1.82, 2.24) is 20.4 Å². The van der Waals surface area contributed by atoms with Gasteiger partial charge in [-0.3, -0.25) is 4.79 Å². The van der Waals surface area contributed by atoms with Crippen molar-refractivity contribution in [3.05, 3.63) is 51.9 Å². The normalized spacial score (nSPS) is 20.6. The molecule has 0 saturated carbocycles. The summed E-state index contributed by atoms with van der Waals surface area (Å²) in [6.07, 6.45) is -1.17. The zero-order chi connectivity index (χ0) is 18.3. The SMILES string of the molecule is O=C(NCc1ccc(=O)[nH]n1)N1C[C@@H]2Oc3c(F)ccc(F)c3O[C@@H]2C1. The van der Waals surface area contributed by atoms with E-state index in [-0.39, 0.29) is 36.7 Å². The lowest BCUT2D eigenvalue weighted by atomic mass is 10.2. The Morgan fingerprint density at radius 3 is 2.31 bits per heavy atom. The Bertz CT molecular complexity index is 860. The predicted octanol–water partition coefficient (Wildman–Crippen LogP) is 0.782. The van der Waals surface area contributed by atoms with Gasteiger partial charge in [-0.25, -0.2) is 18.7 Å². The molecule has 4 rings (SSSR count). The Balaban J connectivity index is 1.40. The van der Waals surface area contributed by atoms with Gasteiger partial charge in [-0.1, -0.05) is 0 Å². The predicted molar refractivity (Wildman–Crippen MR) is 83.9 cm³/mol. The lowest BCUT2D eigenvalue weighted by molar-refractivity contribution is 0.0467. The highest BCUT2D eigenvalue weighted by molar-refractivity contribution is 5.74. The third kappa shape index (κ3) is 2.93. The van der Waals surface area contributed by atoms with Gasteiger partial charge in [0.2, 0.25) is 11.5 Å². The Labute approximate surface area is 145 Å². The minimum absolute atomic E-state index is 0.118. The molecule has 26 heavy (non-hydrogen) atoms. The molecule has 0 bridgehead atoms. The van der Waals surface area contributed by atoms with E-state index in [0.717, 1.165) is 12.1 Å². The minimum atomic E-state index is -0.716. The first-order valence-electron chi connectivity index (χ1n) is 7.90. The van der Waals surface area contributed by atoms with E-state index in [0.29, 0.717) is 5.69 Å². The molecule has 3 heterocycles. The second-order valence-corrected chi connectivity index (χ2v) is 5.98. The number of fused-ring (bicyclic) bond motifs is 2. The fourth-order valence-electron chi connectivity index (χ4n) is 2.92. The molecule has 0 radical (unpaired) electrons. The second kappa shape index (κ2) is 6.28. The number of nitrogens with zero attached hydrogens (tertiary/aromatic N) is 2. The molecule has 136 valence electrons. The Hall–Kier alpha value is -3.17. The number of halogens is 2. The van der Waals surface area contributed by atoms with Crippen molar-refractivity contribution in [3.8, 4) is 11.5 Å². The Morgan fingerprint density at radius 2 is 1.77 bits per heavy atom. The van der Waals surface area contributed by atoms with Crippen molar-refractivity contribution in [3.63, 3.8) is 0 Å². The summed E-state index contributed by atoms with van der Waals surface area (Å²) in [4.78, 5) is 24.7. The van der Waals surface area contributed by atoms with Crippen molar-refractivity contribution < 1.29 is 23.0 Å². The van der Waals surface area contributed by atoms with E-state index in [1.54, 1.807) is 0 Å². The minimum Gasteiger partial charge on any atom is -0.478 e. The van der Waals surface area contributed by atoms with Crippen LogP contribution in [0.3, 0.4) is 0 Å². The monoisotopic (exact) mass is 364 g/mol. The summed E-state index contributed by atoms with van der Waals surface area (Å²) in [5, 5.41) is 8.72. The first kappa shape index (κ1) is 16.3. The highest BCUT2D eigenvalue weighted by Crippen LogP contribution is 2.40. The summed E-state index contributed by atoms with van der Waals surface area (Å²) in [5.41, 5.74) is 0.149. The smallest absolute Gasteiger partial charge is 0.317 e. The number of nitrogens with one attached hydrogen (secondary N) is 2. The Kier molecular flexibility index (Phi) is 3.94. The summed E-state index contributed by atoms with van der Waals surface area (Å²) in [7, 11) is 0. The molecular weight excluding hydrogens is 350 g/mol. The largest absolute Gasteiger partial charge is 0.478 e. The van der Waals surface area contributed by atoms with Crippen molar-refractivity contribution in [2.24, 2.45) is 0 Å². The molecular formula is C16H14F2N4O4. The third-order valence-electron chi connectivity index (χ3n) is 4.21. The molecule has 2 aliphatic rings. The molecule has 0 aliphatic carbocycles. The lowest BCUT2D eigenvalue weighted by Crippen LogP contribution is -2.39. The number of rotatable bonds is 2. The van der Waals surface area contributed by atoms with E-state index in [1.165, 1.54) is 17.0 Å². The number of carbonyl (C=O) groups excluding carboxylic acids is 1. The molecule has 10 heteroatoms. The number of hydrogen-bond donors (Lipinski definition) is 2. The van der Waals surface area contributed by atoms with Gasteiger partial charge in [0.05, 0.1) is 25.3 Å². The zero-order valence-electron chi connectivity index (χ0n) is 13.4. The summed E-state index contributed by atoms with van der Waals surface area (Å²) < 4.78 is 38.6. The van der Waals surface area contributed by atoms with Gasteiger partial charge in [0.1, 0.15) is 0 Å². The van der Waals surface area contributed by atoms with Gasteiger partial charge in [0.15, 0.2) is 23.8 Å². The third-order valence-corrected chi connectivity index (χ3v) is 4.21. The van der Waals surface area contributed by atoms with Crippen LogP contribution in [0.4, 0.5) is 13.6 Å². The van der Waals surface area contributed by atoms with Crippen LogP contribution in [0.1, 0.15) is 5.69 Å². The molecule has 2 atom stereocenters. The average molecular weight is 364 g/mol. The Morgan fingerprint density at radius 1 is 1.15 bits per heavy atom. The topological polar surface area (TPSA) is 96.5 Å². The second-order valence-electron chi connectivity index (χ2n) is 5.98. The number of aromatic nitrogens is 2. The van der Waals surface area contributed by atoms with E-state index in [4.69, 9.17) is 9.47 Å². The number of ether oxygens (including phenoxy) is 2. The molecule has 2 aromatic rings. The number of hydrogen-bond acceptors (Lipinski definition) is 5. The maximum Gasteiger partial charge on any atom is 0.317 e. The van der Waals surface area contributed by atoms with E-state index in [9.17, 15) is 18.4 Å². The van der Waals surface area contributed by atoms with Crippen molar-refractivity contribution in [2.75, 3.05) is 13.1 Å². The molecule has 2 amide bonds. The fourth-order valence-corrected chi connectivity index (χ4v) is 2.92. The van der Waals surface area contributed by atoms with E-state index < -0.39 is 29.9 Å². The number of likely N-dealkylation sites (tertiary alicyclic amines) is 1. The number of H-pyrrole nitrogens is 1. The average Bonchev–Trinajstić information content (AvgIpc) is 3.06. The first-order chi connectivity index (χ1) is 12.5. The van der Waals surface area contributed by atoms with Crippen LogP contribution in [0, 0.1) is 11.6 Å². The van der Waals surface area contributed by atoms with Gasteiger partial charge >= 0.3 is 6.03 Å². The molecule has 8 nitrogen and oxygen atoms in total. The van der Waals surface area contributed by atoms with Gasteiger partial charge in [0, 0.05) is 6.07 Å². The van der Waals surface area contributed by atoms with Crippen LogP contribution in [-0.2, 0) is 6.54 Å². The highest BCUT2D eigenvalue weighted by Gasteiger charge is 2.43. The lowest BCUT2D eigenvalue weighted by Gasteiger charge is -2.28. The van der Waals surface area contributed by atoms with Crippen molar-refractivity contribution in [2.45, 2.75) is 18.8 Å². The van der Waals surface area contributed by atoms with E-state index in [1.807, 2.05) is 0 Å². The van der Waals surface area contributed by atoms with Gasteiger partial charge in [-0.15, -0.1) is 0 Å². The number of urea groups is 1. The van der Waals surface area contributed by atoms with Gasteiger partial charge in [-0.05, 0) is 18.2 Å². The van der Waals surface area contributed by atoms with Crippen molar-refractivity contribution >= 4 is 6.03 Å². The molecule has 1 saturated heterocycles. The summed E-state index contributed by atoms with van der Waals surface area (Å²) in [6, 6.07) is 4.34. The molecule has 0 spiro atoms. The number of aromatic amines is 1. The van der Waals surface area contributed by atoms with E-state index >= 15 is 0 Å². The van der Waals surface area contributed by atoms with E-state index in [2.05, 4.69) is 15.5 Å². The highest BCUT2D eigenvalue weighted by atomic mass is 19.1. The van der Waals surface area contributed by atoms with Gasteiger partial charge < -0.3 is 19.7 Å². The van der Waals surface area contributed by atoms with Crippen LogP contribution in [-0.4, -0.2) is 46.4 Å². The molecule has 0 unspecified atom stereocenters. The van der Waals surface area contributed by atoms with Crippen LogP contribution in [0.15, 0.2) is 29.1 Å². The van der Waals surface area contributed by atoms with Crippen LogP contribution < -0.4 is 20.3 Å². The van der Waals surface area contributed by atoms with Crippen LogP contribution >= 0.6 is 0 Å². The molecule has 1 fully saturated rings. The summed E-state index contributed by atoms with van der Waals surface area (Å²) in [6.45, 7) is 0.461. The maximum absolute atomic E-state index is 13.8.